The van der Waals surface area contributed by atoms with Gasteiger partial charge in [0.25, 0.3) is 0 Å². The van der Waals surface area contributed by atoms with E-state index < -0.39 is 17.5 Å². The van der Waals surface area contributed by atoms with Gasteiger partial charge in [-0.15, -0.1) is 0 Å². The maximum atomic E-state index is 15.2. The number of esters is 1. The Bertz CT molecular complexity index is 3300. The van der Waals surface area contributed by atoms with Gasteiger partial charge in [-0.25, -0.2) is 58.2 Å². The number of carboxylic acid groups (broad SMARTS) is 1. The Morgan fingerprint density at radius 1 is 0.680 bits per heavy atom. The van der Waals surface area contributed by atoms with Crippen molar-refractivity contribution in [3.8, 4) is 0 Å². The van der Waals surface area contributed by atoms with Gasteiger partial charge in [0.1, 0.15) is 34.7 Å². The molecule has 22 heteroatoms. The first-order valence-electron chi connectivity index (χ1n) is 24.5. The number of hydrogen-bond acceptors (Lipinski definition) is 14. The average molecular weight is 1080 g/mol. The highest BCUT2D eigenvalue weighted by Gasteiger charge is 2.28. The molecule has 2 fully saturated rings. The van der Waals surface area contributed by atoms with Gasteiger partial charge >= 0.3 is 11.9 Å². The number of aromatic nitrogens is 10. The van der Waals surface area contributed by atoms with Crippen LogP contribution in [0.15, 0.2) is 86.2 Å². The summed E-state index contributed by atoms with van der Waals surface area (Å²) >= 11 is 18.1. The molecule has 2 aromatic carbocycles. The van der Waals surface area contributed by atoms with Gasteiger partial charge in [-0.1, -0.05) is 54.7 Å². The number of benzene rings is 2. The average Bonchev–Trinajstić information content (AvgIpc) is 3.95. The number of aromatic carboxylic acids is 1. The van der Waals surface area contributed by atoms with Crippen molar-refractivity contribution in [3.63, 3.8) is 0 Å². The third-order valence-corrected chi connectivity index (χ3v) is 13.9. The molecule has 0 spiro atoms. The smallest absolute Gasteiger partial charge is 0.338 e. The van der Waals surface area contributed by atoms with E-state index in [1.54, 1.807) is 18.2 Å². The SMILES string of the molecule is CC(C)(C)OC(=O)c1ccc(N)c(Cl)c1.CCc1cnc(N2CCC(n3cc(F)c4c(Cc5ccc(C(=O)O)cc5Cl)ncnc43)CC2)nc1.CCc1cnc(N2CCC(n3cc(F)c4c(Cl)ncnc43)CC2)nc1. The molecule has 10 rings (SSSR count). The number of nitrogen functional groups attached to an aromatic ring is 1. The molecule has 0 unspecified atom stereocenters. The van der Waals surface area contributed by atoms with Crippen LogP contribution < -0.4 is 15.5 Å². The van der Waals surface area contributed by atoms with Crippen LogP contribution in [-0.2, 0) is 24.0 Å². The summed E-state index contributed by atoms with van der Waals surface area (Å²) in [6.07, 6.45) is 18.7. The predicted octanol–water partition coefficient (Wildman–Crippen LogP) is 11.0. The van der Waals surface area contributed by atoms with Crippen molar-refractivity contribution in [2.45, 2.75) is 97.2 Å². The Balaban J connectivity index is 0.000000163. The van der Waals surface area contributed by atoms with Crippen molar-refractivity contribution in [1.29, 1.82) is 0 Å². The highest BCUT2D eigenvalue weighted by molar-refractivity contribution is 6.34. The summed E-state index contributed by atoms with van der Waals surface area (Å²) in [6.45, 7) is 12.7. The largest absolute Gasteiger partial charge is 0.478 e. The monoisotopic (exact) mass is 1080 g/mol. The normalized spacial score (nSPS) is 14.3. The minimum absolute atomic E-state index is 0.0920. The van der Waals surface area contributed by atoms with Crippen LogP contribution in [-0.4, -0.2) is 97.8 Å². The molecular weight excluding hydrogens is 1030 g/mol. The molecule has 3 N–H and O–H groups in total. The summed E-state index contributed by atoms with van der Waals surface area (Å²) < 4.78 is 38.4. The van der Waals surface area contributed by atoms with Crippen LogP contribution in [0.5, 0.6) is 0 Å². The fraction of sp³-hybridized carbons (Fsp3) is 0.358. The summed E-state index contributed by atoms with van der Waals surface area (Å²) in [4.78, 5) is 61.8. The van der Waals surface area contributed by atoms with Crippen LogP contribution in [0.3, 0.4) is 0 Å². The van der Waals surface area contributed by atoms with Gasteiger partial charge in [0.2, 0.25) is 11.9 Å². The quantitative estimate of drug-likeness (QED) is 0.0741. The maximum absolute atomic E-state index is 15.2. The number of hydrogen-bond donors (Lipinski definition) is 2. The molecule has 0 amide bonds. The molecule has 17 nitrogen and oxygen atoms in total. The number of fused-ring (bicyclic) bond motifs is 2. The van der Waals surface area contributed by atoms with E-state index >= 15 is 4.39 Å². The molecule has 0 saturated carbocycles. The standard InChI is InChI=1S/C25H24ClFN6O2.C17H18ClFN6.C11H14ClNO2/c1-2-15-11-28-25(29-12-15)32-7-5-18(6-8-32)33-13-20(27)22-21(30-14-31-23(22)33)10-16-3-4-17(24(34)35)9-19(16)26;1-2-11-7-20-17(21-8-11)24-5-3-12(4-6-24)25-9-13(19)14-15(18)22-10-23-16(14)25;1-11(2,3)15-10(14)7-4-5-9(13)8(12)6-7/h3-4,9,11-14,18H,2,5-8,10H2,1H3,(H,34,35);7-10,12H,2-6H2,1H3;4-6H,13H2,1-3H3. The number of nitrogens with zero attached hydrogens (tertiary/aromatic N) is 12. The predicted molar refractivity (Wildman–Crippen MR) is 286 cm³/mol. The maximum Gasteiger partial charge on any atom is 0.338 e. The summed E-state index contributed by atoms with van der Waals surface area (Å²) in [7, 11) is 0. The summed E-state index contributed by atoms with van der Waals surface area (Å²) in [5.74, 6) is -0.730. The molecule has 0 bridgehead atoms. The number of carbonyl (C=O) groups is 2. The topological polar surface area (TPSA) is 209 Å². The zero-order valence-electron chi connectivity index (χ0n) is 42.0. The minimum Gasteiger partial charge on any atom is -0.478 e. The number of piperidine rings is 2. The molecule has 2 saturated heterocycles. The highest BCUT2D eigenvalue weighted by atomic mass is 35.5. The second-order valence-corrected chi connectivity index (χ2v) is 20.3. The molecule has 0 radical (unpaired) electrons. The lowest BCUT2D eigenvalue weighted by molar-refractivity contribution is 0.00692. The first-order valence-corrected chi connectivity index (χ1v) is 25.6. The Morgan fingerprint density at radius 2 is 1.16 bits per heavy atom. The van der Waals surface area contributed by atoms with Crippen molar-refractivity contribution in [2.75, 3.05) is 41.7 Å². The molecule has 392 valence electrons. The molecule has 2 aliphatic rings. The fourth-order valence-corrected chi connectivity index (χ4v) is 9.51. The number of ether oxygens (including phenoxy) is 1. The number of nitrogens with two attached hydrogens (primary N) is 1. The first-order chi connectivity index (χ1) is 35.9. The molecule has 0 aliphatic carbocycles. The molecule has 2 aliphatic heterocycles. The first kappa shape index (κ1) is 54.2. The summed E-state index contributed by atoms with van der Waals surface area (Å²) in [5, 5.41) is 10.6. The Morgan fingerprint density at radius 3 is 1.64 bits per heavy atom. The third-order valence-electron chi connectivity index (χ3n) is 12.9. The zero-order valence-corrected chi connectivity index (χ0v) is 44.3. The van der Waals surface area contributed by atoms with Gasteiger partial charge in [0, 0.05) is 86.9 Å². The van der Waals surface area contributed by atoms with Crippen molar-refractivity contribution < 1.29 is 28.2 Å². The van der Waals surface area contributed by atoms with Crippen LogP contribution in [0.25, 0.3) is 22.1 Å². The number of carboxylic acids is 1. The lowest BCUT2D eigenvalue weighted by atomic mass is 10.0. The van der Waals surface area contributed by atoms with E-state index in [1.165, 1.54) is 43.2 Å². The minimum atomic E-state index is -1.05. The number of halogens is 5. The molecule has 75 heavy (non-hydrogen) atoms. The van der Waals surface area contributed by atoms with Gasteiger partial charge in [0.15, 0.2) is 11.6 Å². The van der Waals surface area contributed by atoms with Crippen LogP contribution in [0, 0.1) is 11.6 Å². The summed E-state index contributed by atoms with van der Waals surface area (Å²) in [5.41, 5.74) is 10.5. The second-order valence-electron chi connectivity index (χ2n) is 19.1. The molecular formula is C53H56Cl3F2N13O4. The van der Waals surface area contributed by atoms with Gasteiger partial charge in [-0.3, -0.25) is 0 Å². The Labute approximate surface area is 447 Å². The van der Waals surface area contributed by atoms with E-state index in [0.717, 1.165) is 87.7 Å². The zero-order chi connectivity index (χ0) is 53.6. The Kier molecular flexibility index (Phi) is 17.1. The van der Waals surface area contributed by atoms with E-state index in [9.17, 15) is 14.0 Å². The third kappa shape index (κ3) is 12.9. The van der Waals surface area contributed by atoms with E-state index in [1.807, 2.05) is 54.7 Å². The lowest BCUT2D eigenvalue weighted by Gasteiger charge is -2.32. The summed E-state index contributed by atoms with van der Waals surface area (Å²) in [6, 6.07) is 9.46. The molecule has 8 heterocycles. The van der Waals surface area contributed by atoms with E-state index in [4.69, 9.17) is 50.4 Å². The van der Waals surface area contributed by atoms with Crippen LogP contribution in [0.4, 0.5) is 26.4 Å². The van der Waals surface area contributed by atoms with E-state index in [-0.39, 0.29) is 40.9 Å². The molecule has 0 atom stereocenters. The number of rotatable bonds is 10. The van der Waals surface area contributed by atoms with Crippen molar-refractivity contribution in [3.05, 3.63) is 147 Å². The van der Waals surface area contributed by atoms with Crippen LogP contribution in [0.2, 0.25) is 15.2 Å². The van der Waals surface area contributed by atoms with Gasteiger partial charge in [-0.2, -0.15) is 0 Å². The van der Waals surface area contributed by atoms with Crippen LogP contribution >= 0.6 is 34.8 Å². The van der Waals surface area contributed by atoms with E-state index in [2.05, 4.69) is 63.5 Å². The molecule has 8 aromatic rings. The fourth-order valence-electron chi connectivity index (χ4n) is 8.87. The van der Waals surface area contributed by atoms with Gasteiger partial charge in [0.05, 0.1) is 38.3 Å². The van der Waals surface area contributed by atoms with Gasteiger partial charge < -0.3 is 34.5 Å². The number of carbonyl (C=O) groups excluding carboxylic acids is 1. The van der Waals surface area contributed by atoms with Crippen molar-refractivity contribution in [1.82, 2.24) is 49.0 Å². The molecule has 6 aromatic heterocycles. The second kappa shape index (κ2) is 23.6. The van der Waals surface area contributed by atoms with Crippen molar-refractivity contribution in [2.24, 2.45) is 0 Å². The lowest BCUT2D eigenvalue weighted by Crippen LogP contribution is -2.35. The van der Waals surface area contributed by atoms with E-state index in [0.29, 0.717) is 54.6 Å². The number of aryl methyl sites for hydroxylation is 2. The van der Waals surface area contributed by atoms with Gasteiger partial charge in [-0.05, 0) is 106 Å². The van der Waals surface area contributed by atoms with Crippen LogP contribution in [0.1, 0.15) is 115 Å². The van der Waals surface area contributed by atoms with Crippen molar-refractivity contribution >= 4 is 86.4 Å². The Hall–Kier alpha value is -7.09. The highest BCUT2D eigenvalue weighted by Crippen LogP contribution is 2.34. The number of anilines is 3.